The van der Waals surface area contributed by atoms with Crippen LogP contribution in [-0.4, -0.2) is 39.5 Å². The number of benzene rings is 2. The van der Waals surface area contributed by atoms with Gasteiger partial charge in [-0.25, -0.2) is 8.42 Å². The fourth-order valence-electron chi connectivity index (χ4n) is 3.76. The van der Waals surface area contributed by atoms with E-state index in [4.69, 9.17) is 4.74 Å². The van der Waals surface area contributed by atoms with Gasteiger partial charge in [0.25, 0.3) is 15.9 Å². The molecule has 9 heteroatoms. The highest BCUT2D eigenvalue weighted by Crippen LogP contribution is 2.32. The Kier molecular flexibility index (Phi) is 6.79. The summed E-state index contributed by atoms with van der Waals surface area (Å²) < 4.78 is 34.7. The van der Waals surface area contributed by atoms with E-state index >= 15 is 0 Å². The lowest BCUT2D eigenvalue weighted by Gasteiger charge is -2.30. The summed E-state index contributed by atoms with van der Waals surface area (Å²) in [6.07, 6.45) is 4.66. The third kappa shape index (κ3) is 5.43. The first-order valence-electron chi connectivity index (χ1n) is 10.7. The molecular weight excluding hydrogens is 440 g/mol. The molecule has 0 unspecified atom stereocenters. The molecule has 1 aromatic heterocycles. The molecule has 2 N–H and O–H groups in total. The van der Waals surface area contributed by atoms with Crippen molar-refractivity contribution >= 4 is 33.0 Å². The normalized spacial score (nSPS) is 13.9. The number of ether oxygens (including phenoxy) is 1. The van der Waals surface area contributed by atoms with Crippen molar-refractivity contribution in [3.8, 4) is 5.75 Å². The molecule has 8 nitrogen and oxygen atoms in total. The van der Waals surface area contributed by atoms with E-state index in [9.17, 15) is 13.2 Å². The summed E-state index contributed by atoms with van der Waals surface area (Å²) in [7, 11) is -2.38. The number of carbonyl (C=O) groups is 1. The van der Waals surface area contributed by atoms with Crippen molar-refractivity contribution < 1.29 is 17.9 Å². The summed E-state index contributed by atoms with van der Waals surface area (Å²) in [6.45, 7) is 1.56. The Bertz CT molecular complexity index is 1210. The van der Waals surface area contributed by atoms with Gasteiger partial charge < -0.3 is 15.0 Å². The standard InChI is InChI=1S/C24H26N4O4S/c1-32-20-11-8-18(9-12-20)27-33(30,31)23-17-19(26-24(29)21-7-3-4-14-25-21)10-13-22(23)28-15-5-2-6-16-28/h3-4,7-14,17,27H,2,5-6,15-16H2,1H3,(H,26,29). The molecule has 1 saturated heterocycles. The van der Waals surface area contributed by atoms with Crippen LogP contribution in [0.3, 0.4) is 0 Å². The van der Waals surface area contributed by atoms with Crippen LogP contribution < -0.4 is 19.7 Å². The van der Waals surface area contributed by atoms with Gasteiger partial charge in [-0.1, -0.05) is 6.07 Å². The van der Waals surface area contributed by atoms with E-state index in [1.165, 1.54) is 12.3 Å². The molecule has 1 fully saturated rings. The molecule has 0 radical (unpaired) electrons. The summed E-state index contributed by atoms with van der Waals surface area (Å²) >= 11 is 0. The van der Waals surface area contributed by atoms with Crippen LogP contribution in [0.2, 0.25) is 0 Å². The van der Waals surface area contributed by atoms with Crippen molar-refractivity contribution in [2.45, 2.75) is 24.2 Å². The van der Waals surface area contributed by atoms with Crippen LogP contribution in [0.15, 0.2) is 71.8 Å². The van der Waals surface area contributed by atoms with Crippen LogP contribution in [-0.2, 0) is 10.0 Å². The highest BCUT2D eigenvalue weighted by atomic mass is 32.2. The molecule has 0 atom stereocenters. The van der Waals surface area contributed by atoms with Crippen LogP contribution in [0.5, 0.6) is 5.75 Å². The lowest BCUT2D eigenvalue weighted by molar-refractivity contribution is 0.102. The van der Waals surface area contributed by atoms with E-state index in [0.717, 1.165) is 32.4 Å². The highest BCUT2D eigenvalue weighted by molar-refractivity contribution is 7.92. The summed E-state index contributed by atoms with van der Waals surface area (Å²) in [5, 5.41) is 2.75. The molecule has 2 heterocycles. The minimum Gasteiger partial charge on any atom is -0.497 e. The summed E-state index contributed by atoms with van der Waals surface area (Å²) in [5.74, 6) is 0.221. The first kappa shape index (κ1) is 22.6. The molecule has 3 aromatic rings. The largest absolute Gasteiger partial charge is 0.497 e. The zero-order chi connectivity index (χ0) is 23.3. The highest BCUT2D eigenvalue weighted by Gasteiger charge is 2.24. The van der Waals surface area contributed by atoms with Crippen molar-refractivity contribution in [2.75, 3.05) is 35.1 Å². The number of carbonyl (C=O) groups excluding carboxylic acids is 1. The van der Waals surface area contributed by atoms with E-state index in [-0.39, 0.29) is 10.6 Å². The van der Waals surface area contributed by atoms with Crippen LogP contribution in [0.25, 0.3) is 0 Å². The Balaban J connectivity index is 1.67. The molecular formula is C24H26N4O4S. The molecule has 172 valence electrons. The van der Waals surface area contributed by atoms with Gasteiger partial charge in [-0.15, -0.1) is 0 Å². The predicted molar refractivity (Wildman–Crippen MR) is 128 cm³/mol. The smallest absolute Gasteiger partial charge is 0.274 e. The fourth-order valence-corrected chi connectivity index (χ4v) is 5.08. The second-order valence-corrected chi connectivity index (χ2v) is 9.38. The first-order valence-corrected chi connectivity index (χ1v) is 12.2. The Morgan fingerprint density at radius 1 is 0.970 bits per heavy atom. The summed E-state index contributed by atoms with van der Waals surface area (Å²) in [5.41, 5.74) is 1.66. The third-order valence-corrected chi connectivity index (χ3v) is 6.85. The van der Waals surface area contributed by atoms with Crippen molar-refractivity contribution in [2.24, 2.45) is 0 Å². The van der Waals surface area contributed by atoms with Gasteiger partial charge in [0.2, 0.25) is 0 Å². The Hall–Kier alpha value is -3.59. The summed E-state index contributed by atoms with van der Waals surface area (Å²) in [6, 6.07) is 16.7. The van der Waals surface area contributed by atoms with E-state index in [1.54, 1.807) is 61.7 Å². The number of pyridine rings is 1. The lowest BCUT2D eigenvalue weighted by atomic mass is 10.1. The minimum atomic E-state index is -3.94. The van der Waals surface area contributed by atoms with Gasteiger partial charge in [-0.2, -0.15) is 0 Å². The number of piperidine rings is 1. The van der Waals surface area contributed by atoms with Crippen LogP contribution in [0.1, 0.15) is 29.8 Å². The number of rotatable bonds is 7. The topological polar surface area (TPSA) is 101 Å². The number of nitrogens with zero attached hydrogens (tertiary/aromatic N) is 2. The average Bonchev–Trinajstić information content (AvgIpc) is 2.85. The van der Waals surface area contributed by atoms with Gasteiger partial charge in [0.1, 0.15) is 16.3 Å². The molecule has 33 heavy (non-hydrogen) atoms. The number of nitrogens with one attached hydrogen (secondary N) is 2. The molecule has 1 aliphatic rings. The molecule has 2 aromatic carbocycles. The molecule has 0 spiro atoms. The first-order chi connectivity index (χ1) is 16.0. The number of anilines is 3. The van der Waals surface area contributed by atoms with E-state index in [1.807, 2.05) is 0 Å². The van der Waals surface area contributed by atoms with Crippen LogP contribution in [0.4, 0.5) is 17.1 Å². The maximum Gasteiger partial charge on any atom is 0.274 e. The average molecular weight is 467 g/mol. The predicted octanol–water partition coefficient (Wildman–Crippen LogP) is 4.13. The van der Waals surface area contributed by atoms with Crippen molar-refractivity contribution in [3.05, 3.63) is 72.6 Å². The van der Waals surface area contributed by atoms with Crippen molar-refractivity contribution in [1.82, 2.24) is 4.98 Å². The summed E-state index contributed by atoms with van der Waals surface area (Å²) in [4.78, 5) is 18.8. The molecule has 0 saturated carbocycles. The number of hydrogen-bond acceptors (Lipinski definition) is 6. The van der Waals surface area contributed by atoms with E-state index < -0.39 is 15.9 Å². The lowest BCUT2D eigenvalue weighted by Crippen LogP contribution is -2.31. The monoisotopic (exact) mass is 466 g/mol. The van der Waals surface area contributed by atoms with Crippen molar-refractivity contribution in [1.29, 1.82) is 0 Å². The van der Waals surface area contributed by atoms with Crippen LogP contribution >= 0.6 is 0 Å². The fraction of sp³-hybridized carbons (Fsp3) is 0.250. The minimum absolute atomic E-state index is 0.110. The molecule has 4 rings (SSSR count). The Labute approximate surface area is 193 Å². The zero-order valence-electron chi connectivity index (χ0n) is 18.3. The van der Waals surface area contributed by atoms with Crippen molar-refractivity contribution in [3.63, 3.8) is 0 Å². The number of methoxy groups -OCH3 is 1. The maximum absolute atomic E-state index is 13.4. The van der Waals surface area contributed by atoms with Crippen LogP contribution in [0, 0.1) is 0 Å². The van der Waals surface area contributed by atoms with Gasteiger partial charge in [-0.05, 0) is 73.9 Å². The molecule has 1 aliphatic heterocycles. The van der Waals surface area contributed by atoms with Gasteiger partial charge in [0, 0.05) is 30.7 Å². The number of aromatic nitrogens is 1. The molecule has 0 bridgehead atoms. The van der Waals surface area contributed by atoms with Gasteiger partial charge in [0.15, 0.2) is 0 Å². The number of hydrogen-bond donors (Lipinski definition) is 2. The maximum atomic E-state index is 13.4. The van der Waals surface area contributed by atoms with Gasteiger partial charge in [0.05, 0.1) is 12.8 Å². The van der Waals surface area contributed by atoms with E-state index in [2.05, 4.69) is 19.9 Å². The SMILES string of the molecule is COc1ccc(NS(=O)(=O)c2cc(NC(=O)c3ccccn3)ccc2N2CCCCC2)cc1. The number of sulfonamides is 1. The van der Waals surface area contributed by atoms with Gasteiger partial charge >= 0.3 is 0 Å². The molecule has 0 aliphatic carbocycles. The quantitative estimate of drug-likeness (QED) is 0.543. The second-order valence-electron chi connectivity index (χ2n) is 7.73. The third-order valence-electron chi connectivity index (χ3n) is 5.44. The zero-order valence-corrected chi connectivity index (χ0v) is 19.1. The second kappa shape index (κ2) is 9.91. The number of amides is 1. The Morgan fingerprint density at radius 2 is 1.70 bits per heavy atom. The van der Waals surface area contributed by atoms with Gasteiger partial charge in [-0.3, -0.25) is 14.5 Å². The molecule has 1 amide bonds. The Morgan fingerprint density at radius 3 is 2.36 bits per heavy atom. The van der Waals surface area contributed by atoms with E-state index in [0.29, 0.717) is 22.8 Å².